The van der Waals surface area contributed by atoms with Crippen LogP contribution < -0.4 is 11.1 Å². The molecule has 2 rings (SSSR count). The van der Waals surface area contributed by atoms with Gasteiger partial charge in [-0.3, -0.25) is 9.35 Å². The lowest BCUT2D eigenvalue weighted by molar-refractivity contribution is 0.0693. The summed E-state index contributed by atoms with van der Waals surface area (Å²) < 4.78 is 31.6. The number of rotatable bonds is 4. The smallest absolute Gasteiger partial charge is 0.339 e. The van der Waals surface area contributed by atoms with Crippen molar-refractivity contribution in [2.75, 3.05) is 11.1 Å². The van der Waals surface area contributed by atoms with Gasteiger partial charge in [0.1, 0.15) is 10.5 Å². The molecule has 0 aliphatic rings. The first-order valence-corrected chi connectivity index (χ1v) is 7.78. The largest absolute Gasteiger partial charge is 0.506 e. The molecule has 0 unspecified atom stereocenters. The van der Waals surface area contributed by atoms with Gasteiger partial charge in [0, 0.05) is 16.9 Å². The topological polar surface area (TPSA) is 167 Å². The van der Waals surface area contributed by atoms with E-state index < -0.39 is 38.2 Å². The molecule has 0 saturated heterocycles. The van der Waals surface area contributed by atoms with Gasteiger partial charge < -0.3 is 21.3 Å². The van der Waals surface area contributed by atoms with Crippen molar-refractivity contribution in [3.05, 3.63) is 47.5 Å². The molecule has 0 saturated carbocycles. The molecule has 0 atom stereocenters. The highest BCUT2D eigenvalue weighted by atomic mass is 32.2. The molecule has 0 aliphatic carbocycles. The predicted octanol–water partition coefficient (Wildman–Crippen LogP) is 1.17. The fraction of sp³-hybridized carbons (Fsp3) is 0. The van der Waals surface area contributed by atoms with Gasteiger partial charge in [-0.1, -0.05) is 6.07 Å². The van der Waals surface area contributed by atoms with Gasteiger partial charge in [0.05, 0.1) is 0 Å². The summed E-state index contributed by atoms with van der Waals surface area (Å²) >= 11 is 0. The van der Waals surface area contributed by atoms with E-state index in [9.17, 15) is 23.1 Å². The number of benzene rings is 2. The SMILES string of the molecule is Nc1cccc(C(=O)Nc2cc(C(=O)O)c(O)c(S(=O)(=O)O)c2)c1. The summed E-state index contributed by atoms with van der Waals surface area (Å²) in [7, 11) is -4.90. The van der Waals surface area contributed by atoms with Crippen molar-refractivity contribution >= 4 is 33.4 Å². The first kappa shape index (κ1) is 17.2. The molecule has 24 heavy (non-hydrogen) atoms. The van der Waals surface area contributed by atoms with E-state index in [-0.39, 0.29) is 11.3 Å². The molecule has 2 aromatic carbocycles. The van der Waals surface area contributed by atoms with Crippen LogP contribution in [-0.4, -0.2) is 35.1 Å². The van der Waals surface area contributed by atoms with Crippen LogP contribution in [-0.2, 0) is 10.1 Å². The van der Waals surface area contributed by atoms with E-state index in [4.69, 9.17) is 15.4 Å². The second kappa shape index (κ2) is 6.18. The van der Waals surface area contributed by atoms with E-state index in [1.807, 2.05) is 0 Å². The molecule has 126 valence electrons. The standard InChI is InChI=1S/C14H12N2O7S/c15-8-3-1-2-7(4-8)13(18)16-9-5-10(14(19)20)12(17)11(6-9)24(21,22)23/h1-6,17H,15H2,(H,16,18)(H,19,20)(H,21,22,23). The van der Waals surface area contributed by atoms with Gasteiger partial charge in [-0.25, -0.2) is 4.79 Å². The Bertz CT molecular complexity index is 938. The fourth-order valence-electron chi connectivity index (χ4n) is 1.92. The Morgan fingerprint density at radius 3 is 2.33 bits per heavy atom. The molecule has 0 bridgehead atoms. The highest BCUT2D eigenvalue weighted by molar-refractivity contribution is 7.86. The maximum atomic E-state index is 12.1. The molecule has 0 aliphatic heterocycles. The van der Waals surface area contributed by atoms with Crippen LogP contribution in [0.5, 0.6) is 5.75 Å². The van der Waals surface area contributed by atoms with Crippen molar-refractivity contribution in [2.24, 2.45) is 0 Å². The number of hydrogen-bond donors (Lipinski definition) is 5. The predicted molar refractivity (Wildman–Crippen MR) is 83.7 cm³/mol. The zero-order valence-corrected chi connectivity index (χ0v) is 12.7. The van der Waals surface area contributed by atoms with Crippen LogP contribution in [0.2, 0.25) is 0 Å². The number of nitrogens with two attached hydrogens (primary N) is 1. The lowest BCUT2D eigenvalue weighted by atomic mass is 10.1. The van der Waals surface area contributed by atoms with Crippen LogP contribution in [0.1, 0.15) is 20.7 Å². The average Bonchev–Trinajstić information content (AvgIpc) is 2.47. The maximum Gasteiger partial charge on any atom is 0.339 e. The van der Waals surface area contributed by atoms with Crippen molar-refractivity contribution in [3.8, 4) is 5.75 Å². The third-order valence-corrected chi connectivity index (χ3v) is 3.86. The summed E-state index contributed by atoms with van der Waals surface area (Å²) in [6.45, 7) is 0. The molecule has 0 radical (unpaired) electrons. The number of carboxylic acid groups (broad SMARTS) is 1. The summed E-state index contributed by atoms with van der Waals surface area (Å²) in [5.41, 5.74) is 4.97. The van der Waals surface area contributed by atoms with E-state index in [2.05, 4.69) is 5.32 Å². The number of nitrogens with one attached hydrogen (secondary N) is 1. The molecule has 0 spiro atoms. The van der Waals surface area contributed by atoms with Gasteiger partial charge in [-0.05, 0) is 30.3 Å². The molecule has 1 amide bonds. The molecule has 0 heterocycles. The van der Waals surface area contributed by atoms with Crippen molar-refractivity contribution < 1.29 is 32.8 Å². The van der Waals surface area contributed by atoms with Crippen molar-refractivity contribution in [3.63, 3.8) is 0 Å². The lowest BCUT2D eigenvalue weighted by Gasteiger charge is -2.10. The first-order chi connectivity index (χ1) is 11.1. The maximum absolute atomic E-state index is 12.1. The molecule has 0 aromatic heterocycles. The van der Waals surface area contributed by atoms with Crippen LogP contribution in [0.3, 0.4) is 0 Å². The molecule has 0 fully saturated rings. The van der Waals surface area contributed by atoms with E-state index in [0.29, 0.717) is 5.69 Å². The summed E-state index contributed by atoms with van der Waals surface area (Å²) in [4.78, 5) is 22.2. The van der Waals surface area contributed by atoms with Crippen molar-refractivity contribution in [2.45, 2.75) is 4.90 Å². The molecular formula is C14H12N2O7S. The van der Waals surface area contributed by atoms with Crippen molar-refractivity contribution in [1.82, 2.24) is 0 Å². The van der Waals surface area contributed by atoms with E-state index in [0.717, 1.165) is 12.1 Å². The minimum Gasteiger partial charge on any atom is -0.506 e. The molecule has 10 heteroatoms. The van der Waals surface area contributed by atoms with Gasteiger partial charge in [0.2, 0.25) is 0 Å². The Morgan fingerprint density at radius 1 is 1.12 bits per heavy atom. The number of carbonyl (C=O) groups is 2. The van der Waals surface area contributed by atoms with Crippen molar-refractivity contribution in [1.29, 1.82) is 0 Å². The highest BCUT2D eigenvalue weighted by Crippen LogP contribution is 2.31. The summed E-state index contributed by atoms with van der Waals surface area (Å²) in [5.74, 6) is -3.46. The zero-order valence-electron chi connectivity index (χ0n) is 11.9. The van der Waals surface area contributed by atoms with Gasteiger partial charge in [0.25, 0.3) is 16.0 Å². The van der Waals surface area contributed by atoms with Gasteiger partial charge in [-0.15, -0.1) is 0 Å². The molecular weight excluding hydrogens is 340 g/mol. The van der Waals surface area contributed by atoms with E-state index in [1.165, 1.54) is 18.2 Å². The number of phenols is 1. The number of aromatic hydroxyl groups is 1. The molecule has 9 nitrogen and oxygen atoms in total. The average molecular weight is 352 g/mol. The number of carboxylic acids is 1. The van der Waals surface area contributed by atoms with Crippen LogP contribution in [0.25, 0.3) is 0 Å². The molecule has 2 aromatic rings. The minimum atomic E-state index is -4.90. The van der Waals surface area contributed by atoms with Crippen LogP contribution in [0, 0.1) is 0 Å². The van der Waals surface area contributed by atoms with E-state index in [1.54, 1.807) is 6.07 Å². The third-order valence-electron chi connectivity index (χ3n) is 2.99. The van der Waals surface area contributed by atoms with Gasteiger partial charge in [0.15, 0.2) is 5.75 Å². The molecule has 6 N–H and O–H groups in total. The Labute approximate surface area is 136 Å². The number of aromatic carboxylic acids is 1. The fourth-order valence-corrected chi connectivity index (χ4v) is 2.55. The summed E-state index contributed by atoms with van der Waals surface area (Å²) in [6.07, 6.45) is 0. The second-order valence-electron chi connectivity index (χ2n) is 4.73. The quantitative estimate of drug-likeness (QED) is 0.310. The Morgan fingerprint density at radius 2 is 1.79 bits per heavy atom. The first-order valence-electron chi connectivity index (χ1n) is 6.34. The number of nitrogen functional groups attached to an aromatic ring is 1. The normalized spacial score (nSPS) is 11.0. The van der Waals surface area contributed by atoms with Gasteiger partial charge >= 0.3 is 5.97 Å². The van der Waals surface area contributed by atoms with Crippen LogP contribution >= 0.6 is 0 Å². The minimum absolute atomic E-state index is 0.147. The van der Waals surface area contributed by atoms with Crippen LogP contribution in [0.4, 0.5) is 11.4 Å². The highest BCUT2D eigenvalue weighted by Gasteiger charge is 2.23. The van der Waals surface area contributed by atoms with Crippen LogP contribution in [0.15, 0.2) is 41.3 Å². The lowest BCUT2D eigenvalue weighted by Crippen LogP contribution is -2.14. The zero-order chi connectivity index (χ0) is 18.1. The Balaban J connectivity index is 2.49. The monoisotopic (exact) mass is 352 g/mol. The number of hydrogen-bond acceptors (Lipinski definition) is 6. The Hall–Kier alpha value is -3.11. The third kappa shape index (κ3) is 3.62. The van der Waals surface area contributed by atoms with E-state index >= 15 is 0 Å². The summed E-state index contributed by atoms with van der Waals surface area (Å²) in [5, 5.41) is 20.9. The second-order valence-corrected chi connectivity index (χ2v) is 6.12. The number of carbonyl (C=O) groups excluding carboxylic acids is 1. The Kier molecular flexibility index (Phi) is 4.44. The number of amides is 1. The summed E-state index contributed by atoms with van der Waals surface area (Å²) in [6, 6.07) is 7.47. The van der Waals surface area contributed by atoms with Gasteiger partial charge in [-0.2, -0.15) is 8.42 Å². The number of anilines is 2.